The van der Waals surface area contributed by atoms with Crippen molar-refractivity contribution in [3.05, 3.63) is 87.6 Å². The first-order valence-electron chi connectivity index (χ1n) is 17.0. The van der Waals surface area contributed by atoms with E-state index in [-0.39, 0.29) is 64.2 Å². The van der Waals surface area contributed by atoms with Gasteiger partial charge < -0.3 is 56.5 Å². The van der Waals surface area contributed by atoms with Gasteiger partial charge in [-0.15, -0.1) is 0 Å². The molecule has 0 bridgehead atoms. The highest BCUT2D eigenvalue weighted by Gasteiger charge is 2.56. The number of aliphatic imine (C=N–C) groups is 1. The molecule has 3 heterocycles. The number of aliphatic hydroxyl groups excluding tert-OH is 3. The zero-order valence-electron chi connectivity index (χ0n) is 29.9. The molecule has 1 aliphatic carbocycles. The van der Waals surface area contributed by atoms with Gasteiger partial charge in [-0.1, -0.05) is 0 Å². The lowest BCUT2D eigenvalue weighted by Gasteiger charge is -2.49. The van der Waals surface area contributed by atoms with E-state index in [0.29, 0.717) is 11.1 Å². The first-order valence-corrected chi connectivity index (χ1v) is 17.0. The Morgan fingerprint density at radius 2 is 1.78 bits per heavy atom. The predicted octanol–water partition coefficient (Wildman–Crippen LogP) is -0.856. The van der Waals surface area contributed by atoms with Crippen LogP contribution in [0.4, 0.5) is 5.82 Å². The number of phenolic OH excluding ortho intramolecular Hbond substituents is 1. The number of nitrogens with zero attached hydrogens (tertiary/aromatic N) is 3. The first-order chi connectivity index (χ1) is 26.1. The van der Waals surface area contributed by atoms with Gasteiger partial charge in [0.05, 0.1) is 24.8 Å². The number of hydrogen-bond donors (Lipinski definition) is 8. The van der Waals surface area contributed by atoms with Gasteiger partial charge in [0.15, 0.2) is 11.7 Å². The fourth-order valence-electron chi connectivity index (χ4n) is 7.12. The van der Waals surface area contributed by atoms with Crippen molar-refractivity contribution < 1.29 is 58.9 Å². The maximum atomic E-state index is 14.2. The number of hydrogen-bond acceptors (Lipinski definition) is 15. The zero-order valence-corrected chi connectivity index (χ0v) is 29.9. The molecule has 290 valence electrons. The van der Waals surface area contributed by atoms with Crippen molar-refractivity contribution in [2.24, 2.45) is 10.7 Å². The van der Waals surface area contributed by atoms with Gasteiger partial charge >= 0.3 is 0 Å². The fourth-order valence-corrected chi connectivity index (χ4v) is 7.12. The highest BCUT2D eigenvalue weighted by molar-refractivity contribution is 6.30. The number of benzene rings is 2. The molecule has 10 N–H and O–H groups in total. The summed E-state index contributed by atoms with van der Waals surface area (Å²) in [6, 6.07) is 7.00. The molecular weight excluding hydrogens is 720 g/mol. The SMILES string of the molecule is CN=C(N)NCc1c(C)cc2c(c1O)C(=O)c1c(OC3OC(CO)C(O)(CC(CN4C(=O)C=CC4=O)c4ccnc(N)c4)C(O)C3O)cc(OC)cc1C2=O. The third kappa shape index (κ3) is 6.96. The lowest BCUT2D eigenvalue weighted by Crippen LogP contribution is -2.68. The Morgan fingerprint density at radius 1 is 1.09 bits per heavy atom. The van der Waals surface area contributed by atoms with E-state index >= 15 is 0 Å². The van der Waals surface area contributed by atoms with Gasteiger partial charge in [-0.3, -0.25) is 29.1 Å². The highest BCUT2D eigenvalue weighted by atomic mass is 16.7. The summed E-state index contributed by atoms with van der Waals surface area (Å²) in [6.45, 7) is 0.408. The van der Waals surface area contributed by atoms with Crippen LogP contribution in [0.2, 0.25) is 0 Å². The number of anilines is 1. The van der Waals surface area contributed by atoms with E-state index in [1.54, 1.807) is 6.92 Å². The number of carbonyl (C=O) groups excluding carboxylic acids is 4. The average molecular weight is 761 g/mol. The number of rotatable bonds is 11. The standard InChI is InChI=1S/C37H40N6O12/c1-16-8-20-29(31(48)22(16)13-42-36(39)40-2)32(49)28-21(30(20)47)10-19(53-3)11-23(28)54-35-33(50)34(51)37(52,24(15-44)55-35)12-18(17-6-7-41-25(38)9-17)14-43-26(45)4-5-27(43)46/h4-11,18,24,33-35,44,48,50-52H,12-15H2,1-3H3,(H2,38,41)(H3,39,40,42). The van der Waals surface area contributed by atoms with E-state index in [4.69, 9.17) is 25.7 Å². The van der Waals surface area contributed by atoms with Crippen LogP contribution < -0.4 is 26.3 Å². The number of nitrogen functional groups attached to an aromatic ring is 1. The largest absolute Gasteiger partial charge is 0.507 e. The number of aromatic nitrogens is 1. The topological polar surface area (TPSA) is 290 Å². The number of fused-ring (bicyclic) bond motifs is 2. The Bertz CT molecular complexity index is 2120. The highest BCUT2D eigenvalue weighted by Crippen LogP contribution is 2.44. The van der Waals surface area contributed by atoms with E-state index < -0.39 is 78.3 Å². The molecular formula is C37H40N6O12. The molecule has 55 heavy (non-hydrogen) atoms. The minimum Gasteiger partial charge on any atom is -0.507 e. The monoisotopic (exact) mass is 760 g/mol. The minimum absolute atomic E-state index is 0.0309. The second-order valence-corrected chi connectivity index (χ2v) is 13.4. The molecule has 18 nitrogen and oxygen atoms in total. The maximum Gasteiger partial charge on any atom is 0.253 e. The number of imide groups is 1. The molecule has 0 spiro atoms. The number of carbonyl (C=O) groups is 4. The number of aliphatic hydroxyl groups is 4. The van der Waals surface area contributed by atoms with Crippen LogP contribution in [0.5, 0.6) is 17.2 Å². The molecule has 3 aliphatic rings. The minimum atomic E-state index is -2.44. The quantitative estimate of drug-likeness (QED) is 0.0524. The summed E-state index contributed by atoms with van der Waals surface area (Å²) in [5.74, 6) is -4.22. The Kier molecular flexibility index (Phi) is 10.6. The predicted molar refractivity (Wildman–Crippen MR) is 192 cm³/mol. The third-order valence-corrected chi connectivity index (χ3v) is 10.1. The van der Waals surface area contributed by atoms with E-state index in [0.717, 1.165) is 17.1 Å². The number of guanidine groups is 1. The van der Waals surface area contributed by atoms with Gasteiger partial charge in [-0.25, -0.2) is 4.98 Å². The molecule has 6 unspecified atom stereocenters. The van der Waals surface area contributed by atoms with Gasteiger partial charge in [0, 0.05) is 67.2 Å². The van der Waals surface area contributed by atoms with Crippen LogP contribution in [0.15, 0.2) is 53.7 Å². The molecule has 1 fully saturated rings. The Labute approximate surface area is 313 Å². The van der Waals surface area contributed by atoms with Crippen molar-refractivity contribution in [3.8, 4) is 17.2 Å². The summed E-state index contributed by atoms with van der Waals surface area (Å²) in [6.07, 6.45) is -4.63. The molecule has 3 aromatic rings. The molecule has 6 rings (SSSR count). The summed E-state index contributed by atoms with van der Waals surface area (Å²) in [5.41, 5.74) is 9.52. The first kappa shape index (κ1) is 38.8. The van der Waals surface area contributed by atoms with E-state index in [1.807, 2.05) is 0 Å². The van der Waals surface area contributed by atoms with Crippen LogP contribution in [0.25, 0.3) is 0 Å². The van der Waals surface area contributed by atoms with Gasteiger partial charge in [0.2, 0.25) is 12.1 Å². The van der Waals surface area contributed by atoms with Gasteiger partial charge in [-0.2, -0.15) is 0 Å². The van der Waals surface area contributed by atoms with Crippen LogP contribution in [0, 0.1) is 6.92 Å². The Morgan fingerprint density at radius 3 is 2.42 bits per heavy atom. The zero-order chi connectivity index (χ0) is 39.9. The maximum absolute atomic E-state index is 14.2. The summed E-state index contributed by atoms with van der Waals surface area (Å²) >= 11 is 0. The van der Waals surface area contributed by atoms with Gasteiger partial charge in [0.25, 0.3) is 11.8 Å². The van der Waals surface area contributed by atoms with Crippen molar-refractivity contribution >= 4 is 35.2 Å². The van der Waals surface area contributed by atoms with E-state index in [9.17, 15) is 44.7 Å². The lowest BCUT2D eigenvalue weighted by molar-refractivity contribution is -0.315. The number of ether oxygens (including phenoxy) is 3. The number of nitrogens with two attached hydrogens (primary N) is 2. The van der Waals surface area contributed by atoms with Crippen LogP contribution in [0.3, 0.4) is 0 Å². The van der Waals surface area contributed by atoms with Crippen LogP contribution in [-0.4, -0.2) is 122 Å². The fraction of sp³-hybridized carbons (Fsp3) is 0.351. The number of ketones is 2. The Hall–Kier alpha value is -5.92. The molecule has 1 saturated heterocycles. The van der Waals surface area contributed by atoms with Crippen molar-refractivity contribution in [1.29, 1.82) is 0 Å². The molecule has 1 aromatic heterocycles. The summed E-state index contributed by atoms with van der Waals surface area (Å²) in [5, 5.41) is 59.7. The van der Waals surface area contributed by atoms with Crippen LogP contribution in [-0.2, 0) is 20.9 Å². The molecule has 6 atom stereocenters. The number of pyridine rings is 1. The summed E-state index contributed by atoms with van der Waals surface area (Å²) in [4.78, 5) is 61.8. The molecule has 2 aromatic carbocycles. The van der Waals surface area contributed by atoms with E-state index in [1.165, 1.54) is 50.7 Å². The molecule has 2 amide bonds. The van der Waals surface area contributed by atoms with Gasteiger partial charge in [0.1, 0.15) is 47.0 Å². The number of amides is 2. The average Bonchev–Trinajstić information content (AvgIpc) is 3.48. The lowest BCUT2D eigenvalue weighted by atomic mass is 9.75. The van der Waals surface area contributed by atoms with Crippen molar-refractivity contribution in [2.75, 3.05) is 33.0 Å². The molecule has 0 saturated carbocycles. The molecule has 2 aliphatic heterocycles. The van der Waals surface area contributed by atoms with E-state index in [2.05, 4.69) is 15.3 Å². The van der Waals surface area contributed by atoms with Crippen LogP contribution in [0.1, 0.15) is 60.9 Å². The summed E-state index contributed by atoms with van der Waals surface area (Å²) in [7, 11) is 2.76. The number of phenols is 1. The number of nitrogens with one attached hydrogen (secondary N) is 1. The molecule has 18 heteroatoms. The van der Waals surface area contributed by atoms with Crippen LogP contribution >= 0.6 is 0 Å². The normalized spacial score (nSPS) is 24.1. The number of aromatic hydroxyl groups is 1. The smallest absolute Gasteiger partial charge is 0.253 e. The van der Waals surface area contributed by atoms with Gasteiger partial charge in [-0.05, 0) is 48.7 Å². The number of methoxy groups -OCH3 is 1. The van der Waals surface area contributed by atoms with Crippen molar-refractivity contribution in [3.63, 3.8) is 0 Å². The summed E-state index contributed by atoms with van der Waals surface area (Å²) < 4.78 is 17.3. The van der Waals surface area contributed by atoms with Crippen molar-refractivity contribution in [2.45, 2.75) is 56.0 Å². The molecule has 0 radical (unpaired) electrons. The third-order valence-electron chi connectivity index (χ3n) is 10.1. The van der Waals surface area contributed by atoms with Crippen molar-refractivity contribution in [1.82, 2.24) is 15.2 Å². The Balaban J connectivity index is 1.34. The second kappa shape index (κ2) is 15.1. The second-order valence-electron chi connectivity index (χ2n) is 13.4. The number of aryl methyl sites for hydroxylation is 1.